The topological polar surface area (TPSA) is 75.6 Å². The van der Waals surface area contributed by atoms with Gasteiger partial charge in [-0.3, -0.25) is 0 Å². The van der Waals surface area contributed by atoms with Crippen molar-refractivity contribution in [2.24, 2.45) is 0 Å². The van der Waals surface area contributed by atoms with Gasteiger partial charge in [0, 0.05) is 6.04 Å². The molecule has 0 fully saturated rings. The summed E-state index contributed by atoms with van der Waals surface area (Å²) in [5.74, 6) is 0.278. The van der Waals surface area contributed by atoms with Crippen molar-refractivity contribution in [2.75, 3.05) is 13.7 Å². The minimum absolute atomic E-state index is 0.0771. The Morgan fingerprint density at radius 1 is 1.17 bits per heavy atom. The molecule has 1 atom stereocenters. The third kappa shape index (κ3) is 4.35. The van der Waals surface area contributed by atoms with Crippen LogP contribution in [0, 0.1) is 13.8 Å². The molecule has 2 N–H and O–H groups in total. The number of benzene rings is 2. The Hall–Kier alpha value is -1.89. The lowest BCUT2D eigenvalue weighted by Gasteiger charge is -2.19. The maximum atomic E-state index is 12.7. The van der Waals surface area contributed by atoms with Gasteiger partial charge < -0.3 is 9.84 Å². The van der Waals surface area contributed by atoms with E-state index in [9.17, 15) is 13.5 Å². The van der Waals surface area contributed by atoms with E-state index in [-0.39, 0.29) is 17.3 Å². The number of aliphatic hydroxyl groups is 1. The van der Waals surface area contributed by atoms with E-state index >= 15 is 0 Å². The van der Waals surface area contributed by atoms with Gasteiger partial charge in [0.2, 0.25) is 10.0 Å². The van der Waals surface area contributed by atoms with Gasteiger partial charge in [-0.15, -0.1) is 0 Å². The van der Waals surface area contributed by atoms with E-state index in [1.54, 1.807) is 18.2 Å². The molecule has 0 bridgehead atoms. The van der Waals surface area contributed by atoms with Crippen LogP contribution in [-0.2, 0) is 16.4 Å². The van der Waals surface area contributed by atoms with Gasteiger partial charge in [-0.05, 0) is 49.1 Å². The van der Waals surface area contributed by atoms with Crippen molar-refractivity contribution in [3.8, 4) is 5.75 Å². The lowest BCUT2D eigenvalue weighted by Crippen LogP contribution is -2.39. The first-order valence-electron chi connectivity index (χ1n) is 7.69. The predicted octanol–water partition coefficient (Wildman–Crippen LogP) is 2.19. The van der Waals surface area contributed by atoms with Crippen LogP contribution in [0.5, 0.6) is 5.75 Å². The summed E-state index contributed by atoms with van der Waals surface area (Å²) in [5.41, 5.74) is 2.87. The molecular weight excluding hydrogens is 326 g/mol. The average Bonchev–Trinajstić information content (AvgIpc) is 2.56. The number of hydrogen-bond acceptors (Lipinski definition) is 4. The maximum absolute atomic E-state index is 12.7. The summed E-state index contributed by atoms with van der Waals surface area (Å²) >= 11 is 0. The third-order valence-corrected chi connectivity index (χ3v) is 5.42. The molecule has 2 rings (SSSR count). The van der Waals surface area contributed by atoms with Gasteiger partial charge in [-0.25, -0.2) is 13.1 Å². The summed E-state index contributed by atoms with van der Waals surface area (Å²) in [6, 6.07) is 12.1. The molecule has 0 aromatic heterocycles. The summed E-state index contributed by atoms with van der Waals surface area (Å²) in [6.07, 6.45) is 0.413. The maximum Gasteiger partial charge on any atom is 0.244 e. The Kier molecular flexibility index (Phi) is 5.99. The van der Waals surface area contributed by atoms with E-state index in [1.165, 1.54) is 7.11 Å². The third-order valence-electron chi connectivity index (χ3n) is 3.88. The fourth-order valence-corrected chi connectivity index (χ4v) is 4.01. The van der Waals surface area contributed by atoms with Crippen LogP contribution in [0.25, 0.3) is 0 Å². The summed E-state index contributed by atoms with van der Waals surface area (Å²) < 4.78 is 33.1. The zero-order valence-corrected chi connectivity index (χ0v) is 14.9. The van der Waals surface area contributed by atoms with Crippen LogP contribution in [0.3, 0.4) is 0 Å². The fourth-order valence-electron chi connectivity index (χ4n) is 2.52. The van der Waals surface area contributed by atoms with Crippen molar-refractivity contribution in [3.05, 3.63) is 59.2 Å². The Balaban J connectivity index is 2.27. The standard InChI is InChI=1S/C18H23NO4S/c1-13-8-9-17(23-3)18(10-13)24(21,22)19-16(12-20)11-15-7-5-4-6-14(15)2/h4-10,16,19-20H,11-12H2,1-3H3/t16-/m0/s1. The second-order valence-corrected chi connectivity index (χ2v) is 7.47. The lowest BCUT2D eigenvalue weighted by molar-refractivity contribution is 0.256. The first-order valence-corrected chi connectivity index (χ1v) is 9.18. The van der Waals surface area contributed by atoms with Crippen molar-refractivity contribution in [2.45, 2.75) is 31.2 Å². The highest BCUT2D eigenvalue weighted by Crippen LogP contribution is 2.25. The number of ether oxygens (including phenoxy) is 1. The lowest BCUT2D eigenvalue weighted by atomic mass is 10.0. The molecule has 0 aliphatic heterocycles. The van der Waals surface area contributed by atoms with Crippen LogP contribution < -0.4 is 9.46 Å². The van der Waals surface area contributed by atoms with E-state index in [0.717, 1.165) is 16.7 Å². The number of hydrogen-bond donors (Lipinski definition) is 2. The van der Waals surface area contributed by atoms with Crippen LogP contribution in [0.15, 0.2) is 47.4 Å². The highest BCUT2D eigenvalue weighted by molar-refractivity contribution is 7.89. The van der Waals surface area contributed by atoms with Crippen LogP contribution in [0.1, 0.15) is 16.7 Å². The molecule has 5 nitrogen and oxygen atoms in total. The number of aryl methyl sites for hydroxylation is 2. The van der Waals surface area contributed by atoms with Crippen molar-refractivity contribution < 1.29 is 18.3 Å². The molecule has 0 amide bonds. The van der Waals surface area contributed by atoms with Crippen LogP contribution in [0.2, 0.25) is 0 Å². The molecule has 0 saturated heterocycles. The Labute approximate surface area is 143 Å². The Morgan fingerprint density at radius 2 is 1.88 bits per heavy atom. The molecule has 0 heterocycles. The highest BCUT2D eigenvalue weighted by atomic mass is 32.2. The molecule has 2 aromatic rings. The Morgan fingerprint density at radius 3 is 2.50 bits per heavy atom. The fraction of sp³-hybridized carbons (Fsp3) is 0.333. The van der Waals surface area contributed by atoms with Crippen molar-refractivity contribution in [1.82, 2.24) is 4.72 Å². The molecule has 6 heteroatoms. The van der Waals surface area contributed by atoms with Crippen LogP contribution in [0.4, 0.5) is 0 Å². The van der Waals surface area contributed by atoms with Crippen molar-refractivity contribution in [1.29, 1.82) is 0 Å². The molecule has 2 aromatic carbocycles. The summed E-state index contributed by atoms with van der Waals surface area (Å²) in [7, 11) is -2.37. The quantitative estimate of drug-likeness (QED) is 0.803. The van der Waals surface area contributed by atoms with E-state index in [0.29, 0.717) is 6.42 Å². The Bertz CT molecular complexity index is 802. The molecule has 130 valence electrons. The number of rotatable bonds is 7. The normalized spacial score (nSPS) is 12.8. The summed E-state index contributed by atoms with van der Waals surface area (Å²) in [5, 5.41) is 9.61. The number of aliphatic hydroxyl groups excluding tert-OH is 1. The largest absolute Gasteiger partial charge is 0.495 e. The number of methoxy groups -OCH3 is 1. The summed E-state index contributed by atoms with van der Waals surface area (Å²) in [6.45, 7) is 3.48. The van der Waals surface area contributed by atoms with E-state index in [2.05, 4.69) is 4.72 Å². The van der Waals surface area contributed by atoms with Crippen LogP contribution in [-0.4, -0.2) is 33.3 Å². The first-order chi connectivity index (χ1) is 11.4. The van der Waals surface area contributed by atoms with Gasteiger partial charge in [0.1, 0.15) is 10.6 Å². The van der Waals surface area contributed by atoms with Gasteiger partial charge in [-0.1, -0.05) is 30.3 Å². The molecule has 0 spiro atoms. The zero-order chi connectivity index (χ0) is 17.7. The average molecular weight is 349 g/mol. The van der Waals surface area contributed by atoms with Crippen LogP contribution >= 0.6 is 0 Å². The monoisotopic (exact) mass is 349 g/mol. The predicted molar refractivity (Wildman–Crippen MR) is 93.8 cm³/mol. The second-order valence-electron chi connectivity index (χ2n) is 5.79. The van der Waals surface area contributed by atoms with E-state index in [4.69, 9.17) is 4.74 Å². The van der Waals surface area contributed by atoms with E-state index in [1.807, 2.05) is 38.1 Å². The highest BCUT2D eigenvalue weighted by Gasteiger charge is 2.24. The summed E-state index contributed by atoms with van der Waals surface area (Å²) in [4.78, 5) is 0.0771. The van der Waals surface area contributed by atoms with Gasteiger partial charge in [0.15, 0.2) is 0 Å². The minimum atomic E-state index is -3.80. The van der Waals surface area contributed by atoms with Gasteiger partial charge in [0.25, 0.3) is 0 Å². The van der Waals surface area contributed by atoms with E-state index < -0.39 is 16.1 Å². The van der Waals surface area contributed by atoms with Crippen molar-refractivity contribution in [3.63, 3.8) is 0 Å². The SMILES string of the molecule is COc1ccc(C)cc1S(=O)(=O)N[C@H](CO)Cc1ccccc1C. The molecule has 0 unspecified atom stereocenters. The molecular formula is C18H23NO4S. The zero-order valence-electron chi connectivity index (χ0n) is 14.1. The number of nitrogens with one attached hydrogen (secondary N) is 1. The van der Waals surface area contributed by atoms with Gasteiger partial charge in [-0.2, -0.15) is 0 Å². The van der Waals surface area contributed by atoms with Gasteiger partial charge >= 0.3 is 0 Å². The number of sulfonamides is 1. The molecule has 24 heavy (non-hydrogen) atoms. The smallest absolute Gasteiger partial charge is 0.244 e. The molecule has 0 aliphatic carbocycles. The van der Waals surface area contributed by atoms with Crippen molar-refractivity contribution >= 4 is 10.0 Å². The first kappa shape index (κ1) is 18.4. The molecule has 0 radical (unpaired) electrons. The minimum Gasteiger partial charge on any atom is -0.495 e. The second kappa shape index (κ2) is 7.79. The molecule has 0 saturated carbocycles. The molecule has 0 aliphatic rings. The van der Waals surface area contributed by atoms with Gasteiger partial charge in [0.05, 0.1) is 13.7 Å².